The van der Waals surface area contributed by atoms with Crippen LogP contribution >= 0.6 is 34.0 Å². The summed E-state index contributed by atoms with van der Waals surface area (Å²) in [5.41, 5.74) is 0. The van der Waals surface area contributed by atoms with Crippen LogP contribution in [0, 0.1) is 0 Å². The molecule has 0 radical (unpaired) electrons. The third kappa shape index (κ3) is 0.956. The highest BCUT2D eigenvalue weighted by molar-refractivity contribution is 7.26. The van der Waals surface area contributed by atoms with E-state index in [2.05, 4.69) is 33.7 Å². The summed E-state index contributed by atoms with van der Waals surface area (Å²) < 4.78 is 2.90. The Kier molecular flexibility index (Phi) is 1.55. The van der Waals surface area contributed by atoms with Crippen molar-refractivity contribution in [1.29, 1.82) is 0 Å². The standard InChI is InChI=1S/C12H6S3/c1-3-14-11-7(1)9-5-13-6-10(9)8-2-4-15-12(8)11/h1-6H. The van der Waals surface area contributed by atoms with E-state index in [0.717, 1.165) is 0 Å². The molecule has 3 heterocycles. The van der Waals surface area contributed by atoms with Crippen molar-refractivity contribution < 1.29 is 0 Å². The minimum Gasteiger partial charge on any atom is -0.151 e. The van der Waals surface area contributed by atoms with Crippen LogP contribution in [0.5, 0.6) is 0 Å². The number of fused-ring (bicyclic) bond motifs is 6. The predicted octanol–water partition coefficient (Wildman–Crippen LogP) is 5.33. The van der Waals surface area contributed by atoms with Gasteiger partial charge in [-0.1, -0.05) is 0 Å². The zero-order valence-electron chi connectivity index (χ0n) is 7.69. The van der Waals surface area contributed by atoms with Gasteiger partial charge in [-0.15, -0.1) is 22.7 Å². The molecule has 0 nitrogen and oxygen atoms in total. The second kappa shape index (κ2) is 2.82. The van der Waals surface area contributed by atoms with E-state index < -0.39 is 0 Å². The van der Waals surface area contributed by atoms with Gasteiger partial charge in [0.25, 0.3) is 0 Å². The first-order valence-electron chi connectivity index (χ1n) is 4.67. The summed E-state index contributed by atoms with van der Waals surface area (Å²) in [5, 5.41) is 14.6. The van der Waals surface area contributed by atoms with Crippen molar-refractivity contribution in [3.8, 4) is 0 Å². The Bertz CT molecular complexity index is 575. The summed E-state index contributed by atoms with van der Waals surface area (Å²) in [6, 6.07) is 4.49. The highest BCUT2D eigenvalue weighted by atomic mass is 32.1. The minimum atomic E-state index is 1.42. The quantitative estimate of drug-likeness (QED) is 0.393. The lowest BCUT2D eigenvalue weighted by Gasteiger charge is -1.96. The van der Waals surface area contributed by atoms with Crippen LogP contribution in [-0.2, 0) is 0 Å². The molecule has 72 valence electrons. The van der Waals surface area contributed by atoms with E-state index in [1.165, 1.54) is 30.9 Å². The summed E-state index contributed by atoms with van der Waals surface area (Å²) in [6.45, 7) is 0. The number of thiophene rings is 3. The van der Waals surface area contributed by atoms with Crippen molar-refractivity contribution in [1.82, 2.24) is 0 Å². The van der Waals surface area contributed by atoms with Crippen molar-refractivity contribution in [3.05, 3.63) is 33.7 Å². The maximum Gasteiger partial charge on any atom is 0.0527 e. The minimum absolute atomic E-state index is 1.42. The molecule has 0 spiro atoms. The summed E-state index contributed by atoms with van der Waals surface area (Å²) in [6.07, 6.45) is 0. The molecule has 0 unspecified atom stereocenters. The molecule has 0 bridgehead atoms. The average molecular weight is 246 g/mol. The third-order valence-corrected chi connectivity index (χ3v) is 5.52. The molecule has 0 aliphatic carbocycles. The van der Waals surface area contributed by atoms with Crippen LogP contribution in [0.2, 0.25) is 0 Å². The van der Waals surface area contributed by atoms with Crippen LogP contribution in [0.15, 0.2) is 33.7 Å². The molecule has 0 amide bonds. The number of hydrogen-bond acceptors (Lipinski definition) is 3. The molecule has 0 atom stereocenters. The lowest BCUT2D eigenvalue weighted by Crippen LogP contribution is -1.68. The Balaban J connectivity index is 2.56. The molecule has 15 heavy (non-hydrogen) atoms. The van der Waals surface area contributed by atoms with Gasteiger partial charge in [-0.25, -0.2) is 0 Å². The van der Waals surface area contributed by atoms with Crippen LogP contribution < -0.4 is 0 Å². The molecule has 0 aliphatic rings. The largest absolute Gasteiger partial charge is 0.151 e. The molecule has 0 saturated carbocycles. The smallest absolute Gasteiger partial charge is 0.0527 e. The maximum atomic E-state index is 2.27. The molecule has 0 saturated heterocycles. The number of rotatable bonds is 0. The highest BCUT2D eigenvalue weighted by Gasteiger charge is 2.10. The molecule has 3 aromatic heterocycles. The van der Waals surface area contributed by atoms with E-state index in [9.17, 15) is 0 Å². The Morgan fingerprint density at radius 3 is 1.73 bits per heavy atom. The predicted molar refractivity (Wildman–Crippen MR) is 72.6 cm³/mol. The van der Waals surface area contributed by atoms with Gasteiger partial charge >= 0.3 is 0 Å². The molecular formula is C12H6S3. The normalized spacial score (nSPS) is 12.0. The van der Waals surface area contributed by atoms with Crippen molar-refractivity contribution in [2.75, 3.05) is 0 Å². The maximum absolute atomic E-state index is 2.27. The van der Waals surface area contributed by atoms with Gasteiger partial charge in [0.05, 0.1) is 9.40 Å². The van der Waals surface area contributed by atoms with E-state index in [1.807, 2.05) is 22.7 Å². The molecule has 4 aromatic rings. The molecule has 4 rings (SSSR count). The summed E-state index contributed by atoms with van der Waals surface area (Å²) in [4.78, 5) is 0. The number of benzene rings is 1. The molecule has 0 aliphatic heterocycles. The first kappa shape index (κ1) is 8.28. The van der Waals surface area contributed by atoms with Crippen LogP contribution in [0.3, 0.4) is 0 Å². The van der Waals surface area contributed by atoms with Crippen molar-refractivity contribution in [2.24, 2.45) is 0 Å². The van der Waals surface area contributed by atoms with Gasteiger partial charge in [-0.3, -0.25) is 0 Å². The first-order valence-corrected chi connectivity index (χ1v) is 7.37. The zero-order valence-corrected chi connectivity index (χ0v) is 10.1. The topological polar surface area (TPSA) is 0 Å². The highest BCUT2D eigenvalue weighted by Crippen LogP contribution is 2.41. The zero-order chi connectivity index (χ0) is 9.83. The van der Waals surface area contributed by atoms with Gasteiger partial charge in [0, 0.05) is 21.5 Å². The fourth-order valence-electron chi connectivity index (χ4n) is 2.11. The van der Waals surface area contributed by atoms with Crippen LogP contribution in [0.1, 0.15) is 0 Å². The Morgan fingerprint density at radius 1 is 0.667 bits per heavy atom. The molecular weight excluding hydrogens is 240 g/mol. The first-order chi connectivity index (χ1) is 7.45. The summed E-state index contributed by atoms with van der Waals surface area (Å²) in [7, 11) is 0. The van der Waals surface area contributed by atoms with Gasteiger partial charge in [-0.2, -0.15) is 11.3 Å². The molecule has 0 fully saturated rings. The third-order valence-electron chi connectivity index (χ3n) is 2.78. The van der Waals surface area contributed by atoms with E-state index in [-0.39, 0.29) is 0 Å². The lowest BCUT2D eigenvalue weighted by atomic mass is 10.1. The van der Waals surface area contributed by atoms with Gasteiger partial charge in [0.15, 0.2) is 0 Å². The van der Waals surface area contributed by atoms with Gasteiger partial charge in [0.1, 0.15) is 0 Å². The molecule has 0 N–H and O–H groups in total. The van der Waals surface area contributed by atoms with Crippen LogP contribution in [0.25, 0.3) is 30.9 Å². The number of hydrogen-bond donors (Lipinski definition) is 0. The Labute approximate surface area is 98.4 Å². The second-order valence-corrected chi connectivity index (χ2v) is 6.10. The van der Waals surface area contributed by atoms with Crippen LogP contribution in [-0.4, -0.2) is 0 Å². The summed E-state index contributed by atoms with van der Waals surface area (Å²) >= 11 is 5.51. The molecule has 1 aromatic carbocycles. The fourth-order valence-corrected chi connectivity index (χ4v) is 4.97. The van der Waals surface area contributed by atoms with E-state index >= 15 is 0 Å². The van der Waals surface area contributed by atoms with Gasteiger partial charge < -0.3 is 0 Å². The fraction of sp³-hybridized carbons (Fsp3) is 0. The van der Waals surface area contributed by atoms with E-state index in [1.54, 1.807) is 11.3 Å². The molecule has 3 heteroatoms. The monoisotopic (exact) mass is 246 g/mol. The Hall–Kier alpha value is -0.900. The SMILES string of the molecule is c1cc2c3cscc3c3ccsc3c2s1. The van der Waals surface area contributed by atoms with Gasteiger partial charge in [0.2, 0.25) is 0 Å². The summed E-state index contributed by atoms with van der Waals surface area (Å²) in [5.74, 6) is 0. The lowest BCUT2D eigenvalue weighted by molar-refractivity contribution is 2.12. The van der Waals surface area contributed by atoms with Gasteiger partial charge in [-0.05, 0) is 33.7 Å². The van der Waals surface area contributed by atoms with Crippen molar-refractivity contribution in [2.45, 2.75) is 0 Å². The Morgan fingerprint density at radius 2 is 1.20 bits per heavy atom. The van der Waals surface area contributed by atoms with Crippen molar-refractivity contribution in [3.63, 3.8) is 0 Å². The van der Waals surface area contributed by atoms with E-state index in [4.69, 9.17) is 0 Å². The second-order valence-electron chi connectivity index (χ2n) is 3.53. The van der Waals surface area contributed by atoms with E-state index in [0.29, 0.717) is 0 Å². The van der Waals surface area contributed by atoms with Crippen molar-refractivity contribution >= 4 is 65.0 Å². The van der Waals surface area contributed by atoms with Crippen LogP contribution in [0.4, 0.5) is 0 Å². The average Bonchev–Trinajstić information content (AvgIpc) is 2.97.